The third-order valence-corrected chi connectivity index (χ3v) is 5.39. The normalized spacial score (nSPS) is 16.6. The lowest BCUT2D eigenvalue weighted by Crippen LogP contribution is -2.25. The quantitative estimate of drug-likeness (QED) is 0.773. The molecule has 0 spiro atoms. The van der Waals surface area contributed by atoms with Crippen LogP contribution in [0.15, 0.2) is 0 Å². The SMILES string of the molecule is CC.CCC1(CC)CCCCc2sc(N)c(C#N)c21. The van der Waals surface area contributed by atoms with E-state index in [0.717, 1.165) is 29.8 Å². The zero-order valence-electron chi connectivity index (χ0n) is 12.7. The van der Waals surface area contributed by atoms with E-state index in [9.17, 15) is 5.26 Å². The fourth-order valence-corrected chi connectivity index (χ4v) is 4.36. The van der Waals surface area contributed by atoms with Crippen LogP contribution in [0.2, 0.25) is 0 Å². The topological polar surface area (TPSA) is 49.8 Å². The predicted octanol–water partition coefficient (Wildman–Crippen LogP) is 5.01. The molecule has 1 aromatic heterocycles. The summed E-state index contributed by atoms with van der Waals surface area (Å²) in [5, 5.41) is 10.1. The van der Waals surface area contributed by atoms with Gasteiger partial charge in [-0.05, 0) is 43.1 Å². The van der Waals surface area contributed by atoms with Crippen molar-refractivity contribution in [3.63, 3.8) is 0 Å². The molecule has 0 saturated heterocycles. The molecule has 2 rings (SSSR count). The molecule has 3 heteroatoms. The highest BCUT2D eigenvalue weighted by atomic mass is 32.1. The number of nitrogen functional groups attached to an aromatic ring is 1. The maximum atomic E-state index is 9.36. The minimum absolute atomic E-state index is 0.199. The van der Waals surface area contributed by atoms with E-state index in [1.54, 1.807) is 11.3 Å². The lowest BCUT2D eigenvalue weighted by molar-refractivity contribution is 0.360. The fourth-order valence-electron chi connectivity index (χ4n) is 3.18. The lowest BCUT2D eigenvalue weighted by atomic mass is 9.72. The number of thiophene rings is 1. The number of hydrogen-bond acceptors (Lipinski definition) is 3. The van der Waals surface area contributed by atoms with Crippen molar-refractivity contribution in [3.8, 4) is 6.07 Å². The second-order valence-electron chi connectivity index (χ2n) is 4.95. The summed E-state index contributed by atoms with van der Waals surface area (Å²) in [6.07, 6.45) is 7.04. The van der Waals surface area contributed by atoms with Gasteiger partial charge in [-0.25, -0.2) is 0 Å². The molecule has 0 radical (unpaired) electrons. The first-order valence-corrected chi connectivity index (χ1v) is 8.32. The Morgan fingerprint density at radius 2 is 1.89 bits per heavy atom. The highest BCUT2D eigenvalue weighted by molar-refractivity contribution is 7.16. The Morgan fingerprint density at radius 3 is 2.42 bits per heavy atom. The number of nitrogens with two attached hydrogens (primary N) is 1. The van der Waals surface area contributed by atoms with Gasteiger partial charge in [-0.15, -0.1) is 11.3 Å². The molecule has 0 saturated carbocycles. The molecule has 2 N–H and O–H groups in total. The summed E-state index contributed by atoms with van der Waals surface area (Å²) in [5.74, 6) is 0. The van der Waals surface area contributed by atoms with Crippen LogP contribution in [0.1, 0.15) is 75.8 Å². The molecule has 1 heterocycles. The standard InChI is InChI=1S/C14H20N2S.C2H6/c1-3-14(4-2)8-6-5-7-11-12(14)10(9-15)13(16)17-11;1-2/h3-8,16H2,1-2H3;1-2H3. The average Bonchev–Trinajstić information content (AvgIpc) is 2.67. The van der Waals surface area contributed by atoms with Crippen LogP contribution in [0.3, 0.4) is 0 Å². The molecular weight excluding hydrogens is 252 g/mol. The number of fused-ring (bicyclic) bond motifs is 1. The van der Waals surface area contributed by atoms with Gasteiger partial charge in [-0.2, -0.15) is 5.26 Å². The Kier molecular flexibility index (Phi) is 5.87. The molecule has 2 nitrogen and oxygen atoms in total. The fraction of sp³-hybridized carbons (Fsp3) is 0.688. The number of rotatable bonds is 2. The van der Waals surface area contributed by atoms with Crippen molar-refractivity contribution >= 4 is 16.3 Å². The number of hydrogen-bond donors (Lipinski definition) is 1. The van der Waals surface area contributed by atoms with E-state index in [1.165, 1.54) is 29.7 Å². The first-order valence-electron chi connectivity index (χ1n) is 7.50. The molecule has 0 bridgehead atoms. The second kappa shape index (κ2) is 6.96. The van der Waals surface area contributed by atoms with Crippen molar-refractivity contribution in [1.82, 2.24) is 0 Å². The zero-order chi connectivity index (χ0) is 14.5. The van der Waals surface area contributed by atoms with Crippen LogP contribution in [0.4, 0.5) is 5.00 Å². The molecule has 0 fully saturated rings. The number of aryl methyl sites for hydroxylation is 1. The Balaban J connectivity index is 0.000000861. The van der Waals surface area contributed by atoms with Crippen LogP contribution in [-0.2, 0) is 11.8 Å². The monoisotopic (exact) mass is 278 g/mol. The van der Waals surface area contributed by atoms with Crippen molar-refractivity contribution < 1.29 is 0 Å². The van der Waals surface area contributed by atoms with Gasteiger partial charge in [0.2, 0.25) is 0 Å². The molecule has 0 unspecified atom stereocenters. The molecular formula is C16H26N2S. The van der Waals surface area contributed by atoms with E-state index in [0.29, 0.717) is 0 Å². The van der Waals surface area contributed by atoms with Crippen LogP contribution in [0.5, 0.6) is 0 Å². The van der Waals surface area contributed by atoms with E-state index in [4.69, 9.17) is 5.73 Å². The van der Waals surface area contributed by atoms with Gasteiger partial charge in [0.1, 0.15) is 11.1 Å². The maximum absolute atomic E-state index is 9.36. The van der Waals surface area contributed by atoms with Crippen LogP contribution in [-0.4, -0.2) is 0 Å². The van der Waals surface area contributed by atoms with Crippen molar-refractivity contribution in [2.75, 3.05) is 5.73 Å². The smallest absolute Gasteiger partial charge is 0.104 e. The summed E-state index contributed by atoms with van der Waals surface area (Å²) < 4.78 is 0. The second-order valence-corrected chi connectivity index (χ2v) is 6.08. The lowest BCUT2D eigenvalue weighted by Gasteiger charge is -2.31. The summed E-state index contributed by atoms with van der Waals surface area (Å²) in [6, 6.07) is 2.34. The Bertz CT molecular complexity index is 450. The van der Waals surface area contributed by atoms with Gasteiger partial charge < -0.3 is 5.73 Å². The molecule has 0 amide bonds. The van der Waals surface area contributed by atoms with Crippen molar-refractivity contribution in [2.24, 2.45) is 0 Å². The predicted molar refractivity (Wildman–Crippen MR) is 84.6 cm³/mol. The largest absolute Gasteiger partial charge is 0.389 e. The van der Waals surface area contributed by atoms with E-state index >= 15 is 0 Å². The highest BCUT2D eigenvalue weighted by Gasteiger charge is 2.36. The number of anilines is 1. The van der Waals surface area contributed by atoms with Crippen LogP contribution in [0, 0.1) is 11.3 Å². The first-order chi connectivity index (χ1) is 9.18. The average molecular weight is 278 g/mol. The van der Waals surface area contributed by atoms with Gasteiger partial charge in [0.05, 0.1) is 5.56 Å². The number of nitrogens with zero attached hydrogens (tertiary/aromatic N) is 1. The Labute approximate surface area is 121 Å². The van der Waals surface area contributed by atoms with Gasteiger partial charge >= 0.3 is 0 Å². The van der Waals surface area contributed by atoms with E-state index in [-0.39, 0.29) is 5.41 Å². The summed E-state index contributed by atoms with van der Waals surface area (Å²) >= 11 is 1.64. The van der Waals surface area contributed by atoms with Crippen molar-refractivity contribution in [3.05, 3.63) is 16.0 Å². The first kappa shape index (κ1) is 16.0. The molecule has 0 atom stereocenters. The third-order valence-electron chi connectivity index (χ3n) is 4.31. The summed E-state index contributed by atoms with van der Waals surface area (Å²) in [7, 11) is 0. The minimum Gasteiger partial charge on any atom is -0.389 e. The Morgan fingerprint density at radius 1 is 1.26 bits per heavy atom. The van der Waals surface area contributed by atoms with Gasteiger partial charge in [0, 0.05) is 4.88 Å². The summed E-state index contributed by atoms with van der Waals surface area (Å²) in [4.78, 5) is 1.38. The molecule has 19 heavy (non-hydrogen) atoms. The summed E-state index contributed by atoms with van der Waals surface area (Å²) in [5.41, 5.74) is 8.28. The van der Waals surface area contributed by atoms with E-state index in [1.807, 2.05) is 13.8 Å². The highest BCUT2D eigenvalue weighted by Crippen LogP contribution is 2.47. The zero-order valence-corrected chi connectivity index (χ0v) is 13.5. The van der Waals surface area contributed by atoms with Crippen molar-refractivity contribution in [2.45, 2.75) is 71.6 Å². The van der Waals surface area contributed by atoms with Gasteiger partial charge in [-0.1, -0.05) is 34.1 Å². The number of nitriles is 1. The molecule has 1 aliphatic carbocycles. The van der Waals surface area contributed by atoms with E-state index < -0.39 is 0 Å². The maximum Gasteiger partial charge on any atom is 0.104 e. The molecule has 0 aromatic carbocycles. The van der Waals surface area contributed by atoms with Crippen LogP contribution < -0.4 is 5.73 Å². The molecule has 1 aliphatic rings. The van der Waals surface area contributed by atoms with Crippen LogP contribution >= 0.6 is 11.3 Å². The van der Waals surface area contributed by atoms with Gasteiger partial charge in [-0.3, -0.25) is 0 Å². The van der Waals surface area contributed by atoms with Crippen molar-refractivity contribution in [1.29, 1.82) is 5.26 Å². The summed E-state index contributed by atoms with van der Waals surface area (Å²) in [6.45, 7) is 8.49. The van der Waals surface area contributed by atoms with Gasteiger partial charge in [0.15, 0.2) is 0 Å². The Hall–Kier alpha value is -1.01. The molecule has 106 valence electrons. The molecule has 1 aromatic rings. The minimum atomic E-state index is 0.199. The van der Waals surface area contributed by atoms with E-state index in [2.05, 4.69) is 19.9 Å². The van der Waals surface area contributed by atoms with Crippen LogP contribution in [0.25, 0.3) is 0 Å². The van der Waals surface area contributed by atoms with Gasteiger partial charge in [0.25, 0.3) is 0 Å². The molecule has 0 aliphatic heterocycles. The third kappa shape index (κ3) is 2.79.